The first kappa shape index (κ1) is 16.0. The Hall–Kier alpha value is -1.92. The number of likely N-dealkylation sites (tertiary alicyclic amines) is 1. The lowest BCUT2D eigenvalue weighted by molar-refractivity contribution is -0.164. The van der Waals surface area contributed by atoms with Crippen molar-refractivity contribution in [2.75, 3.05) is 26.2 Å². The fourth-order valence-corrected chi connectivity index (χ4v) is 4.35. The molecule has 23 heavy (non-hydrogen) atoms. The highest BCUT2D eigenvalue weighted by atomic mass is 16.4. The number of aliphatic carboxylic acids is 2. The summed E-state index contributed by atoms with van der Waals surface area (Å²) in [5.74, 6) is -3.65. The van der Waals surface area contributed by atoms with Crippen LogP contribution in [0.4, 0.5) is 0 Å². The first-order valence-corrected chi connectivity index (χ1v) is 7.85. The van der Waals surface area contributed by atoms with Gasteiger partial charge in [-0.1, -0.05) is 30.3 Å². The zero-order chi connectivity index (χ0) is 16.5. The Balaban J connectivity index is 0.000000227. The van der Waals surface area contributed by atoms with Crippen LogP contribution in [0.5, 0.6) is 0 Å². The van der Waals surface area contributed by atoms with E-state index in [-0.39, 0.29) is 0 Å². The van der Waals surface area contributed by atoms with Crippen LogP contribution in [0.1, 0.15) is 18.4 Å². The summed E-state index contributed by atoms with van der Waals surface area (Å²) in [6.45, 7) is 6.39. The van der Waals surface area contributed by atoms with Gasteiger partial charge in [-0.2, -0.15) is 0 Å². The van der Waals surface area contributed by atoms with Crippen LogP contribution >= 0.6 is 0 Å². The molecular formula is C17H22N2O4. The number of rotatable bonds is 2. The van der Waals surface area contributed by atoms with Crippen LogP contribution in [0.25, 0.3) is 0 Å². The van der Waals surface area contributed by atoms with E-state index >= 15 is 0 Å². The van der Waals surface area contributed by atoms with Crippen LogP contribution in [-0.2, 0) is 16.1 Å². The molecule has 2 heterocycles. The summed E-state index contributed by atoms with van der Waals surface area (Å²) in [5.41, 5.74) is 2.91. The van der Waals surface area contributed by atoms with E-state index in [1.165, 1.54) is 44.6 Å². The minimum atomic E-state index is -1.82. The van der Waals surface area contributed by atoms with Gasteiger partial charge in [0.25, 0.3) is 0 Å². The second-order valence-electron chi connectivity index (χ2n) is 7.20. The van der Waals surface area contributed by atoms with Crippen LogP contribution in [0.3, 0.4) is 0 Å². The van der Waals surface area contributed by atoms with Gasteiger partial charge < -0.3 is 15.5 Å². The molecule has 2 spiro atoms. The van der Waals surface area contributed by atoms with E-state index in [1.54, 1.807) is 0 Å². The molecule has 0 radical (unpaired) electrons. The molecule has 3 fully saturated rings. The summed E-state index contributed by atoms with van der Waals surface area (Å²) in [6, 6.07) is 10.9. The average Bonchev–Trinajstić information content (AvgIpc) is 2.39. The van der Waals surface area contributed by atoms with Crippen LogP contribution in [0.15, 0.2) is 30.3 Å². The Morgan fingerprint density at radius 1 is 1.00 bits per heavy atom. The van der Waals surface area contributed by atoms with Gasteiger partial charge in [-0.05, 0) is 29.2 Å². The lowest BCUT2D eigenvalue weighted by Crippen LogP contribution is -2.72. The molecule has 0 bridgehead atoms. The lowest BCUT2D eigenvalue weighted by atomic mass is 9.47. The molecule has 6 heteroatoms. The summed E-state index contributed by atoms with van der Waals surface area (Å²) in [6.07, 6.45) is 2.97. The molecule has 1 aromatic carbocycles. The lowest BCUT2D eigenvalue weighted by Gasteiger charge is -2.67. The highest BCUT2D eigenvalue weighted by Crippen LogP contribution is 2.60. The molecule has 2 saturated heterocycles. The standard InChI is InChI=1S/C15H20N2.C2H2O4/c1-2-4-13(5-3-1)6-17-11-15(12-17)7-14(8-15)9-16-10-14;3-1(4)2(5)6/h1-5,16H,6-12H2;(H,3,4)(H,5,6). The third-order valence-electron chi connectivity index (χ3n) is 5.05. The van der Waals surface area contributed by atoms with E-state index in [2.05, 4.69) is 40.5 Å². The summed E-state index contributed by atoms with van der Waals surface area (Å²) < 4.78 is 0. The molecule has 1 aromatic rings. The normalized spacial score (nSPS) is 23.0. The van der Waals surface area contributed by atoms with Crippen LogP contribution in [0, 0.1) is 10.8 Å². The van der Waals surface area contributed by atoms with Crippen molar-refractivity contribution in [3.8, 4) is 0 Å². The predicted octanol–water partition coefficient (Wildman–Crippen LogP) is 1.03. The van der Waals surface area contributed by atoms with E-state index in [0.717, 1.165) is 17.4 Å². The highest BCUT2D eigenvalue weighted by Gasteiger charge is 2.61. The molecule has 0 aromatic heterocycles. The van der Waals surface area contributed by atoms with Crippen LogP contribution in [0.2, 0.25) is 0 Å². The molecular weight excluding hydrogens is 296 g/mol. The van der Waals surface area contributed by atoms with Gasteiger partial charge in [0.15, 0.2) is 0 Å². The van der Waals surface area contributed by atoms with Gasteiger partial charge in [0.05, 0.1) is 0 Å². The van der Waals surface area contributed by atoms with E-state index in [4.69, 9.17) is 19.8 Å². The largest absolute Gasteiger partial charge is 0.473 e. The quantitative estimate of drug-likeness (QED) is 0.706. The molecule has 0 unspecified atom stereocenters. The Morgan fingerprint density at radius 3 is 2.00 bits per heavy atom. The Bertz CT molecular complexity index is 570. The van der Waals surface area contributed by atoms with E-state index in [1.807, 2.05) is 0 Å². The molecule has 6 nitrogen and oxygen atoms in total. The molecule has 3 aliphatic rings. The number of carboxylic acids is 2. The maximum absolute atomic E-state index is 9.10. The number of carboxylic acid groups (broad SMARTS) is 2. The minimum Gasteiger partial charge on any atom is -0.473 e. The molecule has 0 atom stereocenters. The Kier molecular flexibility index (Phi) is 4.12. The Morgan fingerprint density at radius 2 is 1.57 bits per heavy atom. The monoisotopic (exact) mass is 318 g/mol. The van der Waals surface area contributed by atoms with Gasteiger partial charge in [0, 0.05) is 32.7 Å². The van der Waals surface area contributed by atoms with Gasteiger partial charge in [-0.3, -0.25) is 4.90 Å². The van der Waals surface area contributed by atoms with Crippen molar-refractivity contribution in [3.05, 3.63) is 35.9 Å². The molecule has 3 N–H and O–H groups in total. The van der Waals surface area contributed by atoms with Gasteiger partial charge in [-0.25, -0.2) is 9.59 Å². The van der Waals surface area contributed by atoms with Crippen molar-refractivity contribution in [1.82, 2.24) is 10.2 Å². The predicted molar refractivity (Wildman–Crippen MR) is 84.0 cm³/mol. The number of hydrogen-bond acceptors (Lipinski definition) is 4. The van der Waals surface area contributed by atoms with Crippen molar-refractivity contribution in [2.45, 2.75) is 19.4 Å². The minimum absolute atomic E-state index is 0.719. The zero-order valence-corrected chi connectivity index (χ0v) is 13.0. The average molecular weight is 318 g/mol. The van der Waals surface area contributed by atoms with Gasteiger partial charge in [-0.15, -0.1) is 0 Å². The van der Waals surface area contributed by atoms with Crippen LogP contribution in [-0.4, -0.2) is 53.2 Å². The summed E-state index contributed by atoms with van der Waals surface area (Å²) >= 11 is 0. The number of nitrogens with zero attached hydrogens (tertiary/aromatic N) is 1. The zero-order valence-electron chi connectivity index (χ0n) is 13.0. The third kappa shape index (κ3) is 3.38. The van der Waals surface area contributed by atoms with Gasteiger partial charge in [0.2, 0.25) is 0 Å². The molecule has 2 aliphatic heterocycles. The van der Waals surface area contributed by atoms with Crippen molar-refractivity contribution >= 4 is 11.9 Å². The second-order valence-corrected chi connectivity index (χ2v) is 7.20. The number of hydrogen-bond donors (Lipinski definition) is 3. The van der Waals surface area contributed by atoms with E-state index in [9.17, 15) is 0 Å². The number of carbonyl (C=O) groups is 2. The smallest absolute Gasteiger partial charge is 0.414 e. The number of nitrogens with one attached hydrogen (secondary N) is 1. The SMILES string of the molecule is O=C(O)C(=O)O.c1ccc(CN2CC3(C2)CC2(CNC2)C3)cc1. The van der Waals surface area contributed by atoms with Crippen molar-refractivity contribution in [1.29, 1.82) is 0 Å². The van der Waals surface area contributed by atoms with Gasteiger partial charge in [0.1, 0.15) is 0 Å². The summed E-state index contributed by atoms with van der Waals surface area (Å²) in [7, 11) is 0. The molecule has 0 amide bonds. The first-order chi connectivity index (χ1) is 10.9. The summed E-state index contributed by atoms with van der Waals surface area (Å²) in [4.78, 5) is 20.8. The highest BCUT2D eigenvalue weighted by molar-refractivity contribution is 6.27. The Labute approximate surface area is 135 Å². The maximum atomic E-state index is 9.10. The first-order valence-electron chi connectivity index (χ1n) is 7.85. The van der Waals surface area contributed by atoms with Crippen molar-refractivity contribution in [2.24, 2.45) is 10.8 Å². The molecule has 1 aliphatic carbocycles. The summed E-state index contributed by atoms with van der Waals surface area (Å²) in [5, 5.41) is 18.2. The topological polar surface area (TPSA) is 89.9 Å². The van der Waals surface area contributed by atoms with E-state index in [0.29, 0.717) is 0 Å². The second kappa shape index (κ2) is 5.94. The van der Waals surface area contributed by atoms with E-state index < -0.39 is 11.9 Å². The molecule has 1 saturated carbocycles. The maximum Gasteiger partial charge on any atom is 0.414 e. The molecule has 124 valence electrons. The third-order valence-corrected chi connectivity index (χ3v) is 5.05. The fraction of sp³-hybridized carbons (Fsp3) is 0.529. The van der Waals surface area contributed by atoms with Crippen LogP contribution < -0.4 is 5.32 Å². The van der Waals surface area contributed by atoms with Gasteiger partial charge >= 0.3 is 11.9 Å². The fourth-order valence-electron chi connectivity index (χ4n) is 4.35. The number of benzene rings is 1. The van der Waals surface area contributed by atoms with Crippen molar-refractivity contribution in [3.63, 3.8) is 0 Å². The molecule has 4 rings (SSSR count). The van der Waals surface area contributed by atoms with Crippen molar-refractivity contribution < 1.29 is 19.8 Å².